The number of nitrogens with one attached hydrogen (secondary N) is 1. The molecule has 0 radical (unpaired) electrons. The summed E-state index contributed by atoms with van der Waals surface area (Å²) >= 11 is 1.58. The molecule has 0 atom stereocenters. The van der Waals surface area contributed by atoms with Gasteiger partial charge in [-0.15, -0.1) is 0 Å². The Morgan fingerprint density at radius 3 is 2.58 bits per heavy atom. The third-order valence-electron chi connectivity index (χ3n) is 4.07. The van der Waals surface area contributed by atoms with E-state index in [2.05, 4.69) is 22.4 Å². The molecule has 26 heavy (non-hydrogen) atoms. The van der Waals surface area contributed by atoms with Crippen LogP contribution in [0, 0.1) is 10.1 Å². The first-order chi connectivity index (χ1) is 12.7. The molecule has 0 amide bonds. The molecule has 5 nitrogen and oxygen atoms in total. The van der Waals surface area contributed by atoms with Gasteiger partial charge in [0.2, 0.25) is 0 Å². The summed E-state index contributed by atoms with van der Waals surface area (Å²) in [5.74, 6) is 0. The monoisotopic (exact) mass is 361 g/mol. The molecule has 0 aliphatic heterocycles. The molecule has 3 aromatic carbocycles. The Labute approximate surface area is 154 Å². The lowest BCUT2D eigenvalue weighted by Crippen LogP contribution is -1.97. The Bertz CT molecular complexity index is 1080. The fraction of sp³-hybridized carbons (Fsp3) is 0.0500. The summed E-state index contributed by atoms with van der Waals surface area (Å²) in [6.07, 6.45) is 0. The number of aromatic nitrogens is 1. The second-order valence-corrected chi connectivity index (χ2v) is 6.88. The topological polar surface area (TPSA) is 68.1 Å². The highest BCUT2D eigenvalue weighted by Gasteiger charge is 2.09. The first-order valence-corrected chi connectivity index (χ1v) is 8.94. The largest absolute Gasteiger partial charge is 0.357 e. The number of fused-ring (bicyclic) bond motifs is 1. The van der Waals surface area contributed by atoms with Crippen LogP contribution in [0.2, 0.25) is 0 Å². The van der Waals surface area contributed by atoms with Gasteiger partial charge in [0.1, 0.15) is 0 Å². The third-order valence-corrected chi connectivity index (χ3v) is 5.04. The number of nitro benzene ring substituents is 1. The summed E-state index contributed by atoms with van der Waals surface area (Å²) in [5, 5.41) is 15.2. The lowest BCUT2D eigenvalue weighted by Gasteiger charge is -2.01. The zero-order valence-electron chi connectivity index (χ0n) is 13.8. The van der Waals surface area contributed by atoms with E-state index in [4.69, 9.17) is 0 Å². The molecule has 0 unspecified atom stereocenters. The maximum Gasteiger partial charge on any atom is 0.270 e. The third kappa shape index (κ3) is 3.41. The van der Waals surface area contributed by atoms with E-state index in [1.807, 2.05) is 42.5 Å². The smallest absolute Gasteiger partial charge is 0.270 e. The number of benzene rings is 3. The molecular weight excluding hydrogens is 346 g/mol. The minimum absolute atomic E-state index is 0.0946. The predicted octanol–water partition coefficient (Wildman–Crippen LogP) is 5.48. The average molecular weight is 361 g/mol. The van der Waals surface area contributed by atoms with Gasteiger partial charge in [0.25, 0.3) is 5.69 Å². The van der Waals surface area contributed by atoms with Gasteiger partial charge in [-0.05, 0) is 28.8 Å². The van der Waals surface area contributed by atoms with Gasteiger partial charge in [-0.2, -0.15) is 0 Å². The van der Waals surface area contributed by atoms with Crippen molar-refractivity contribution < 1.29 is 4.92 Å². The minimum atomic E-state index is -0.375. The van der Waals surface area contributed by atoms with Gasteiger partial charge in [0, 0.05) is 18.7 Å². The van der Waals surface area contributed by atoms with Crippen molar-refractivity contribution in [3.8, 4) is 11.1 Å². The SMILES string of the molecule is O=[N+]([O-])c1cccc(-c2ccc3nc(NCc4ccccc4)sc3c2)c1. The van der Waals surface area contributed by atoms with Gasteiger partial charge in [-0.3, -0.25) is 10.1 Å². The van der Waals surface area contributed by atoms with Crippen LogP contribution in [0.4, 0.5) is 10.8 Å². The number of non-ortho nitro benzene ring substituents is 1. The Balaban J connectivity index is 1.59. The summed E-state index contributed by atoms with van der Waals surface area (Å²) < 4.78 is 1.05. The molecular formula is C20H15N3O2S. The minimum Gasteiger partial charge on any atom is -0.357 e. The van der Waals surface area contributed by atoms with Crippen LogP contribution in [0.5, 0.6) is 0 Å². The number of rotatable bonds is 5. The molecule has 128 valence electrons. The molecule has 0 fully saturated rings. The van der Waals surface area contributed by atoms with Crippen molar-refractivity contribution in [1.82, 2.24) is 4.98 Å². The lowest BCUT2D eigenvalue weighted by atomic mass is 10.1. The molecule has 0 saturated heterocycles. The molecule has 0 bridgehead atoms. The number of hydrogen-bond acceptors (Lipinski definition) is 5. The zero-order valence-corrected chi connectivity index (χ0v) is 14.6. The lowest BCUT2D eigenvalue weighted by molar-refractivity contribution is -0.384. The Morgan fingerprint density at radius 1 is 0.962 bits per heavy atom. The first kappa shape index (κ1) is 16.2. The maximum absolute atomic E-state index is 11.0. The van der Waals surface area contributed by atoms with Crippen LogP contribution < -0.4 is 5.32 Å². The van der Waals surface area contributed by atoms with E-state index < -0.39 is 0 Å². The van der Waals surface area contributed by atoms with E-state index in [9.17, 15) is 10.1 Å². The molecule has 0 aliphatic rings. The van der Waals surface area contributed by atoms with Gasteiger partial charge in [0.05, 0.1) is 15.1 Å². The van der Waals surface area contributed by atoms with E-state index in [0.29, 0.717) is 0 Å². The van der Waals surface area contributed by atoms with Crippen molar-refractivity contribution in [2.45, 2.75) is 6.54 Å². The molecule has 0 spiro atoms. The van der Waals surface area contributed by atoms with Crippen LogP contribution in [0.1, 0.15) is 5.56 Å². The fourth-order valence-corrected chi connectivity index (χ4v) is 3.65. The van der Waals surface area contributed by atoms with Gasteiger partial charge in [-0.1, -0.05) is 59.9 Å². The van der Waals surface area contributed by atoms with Crippen molar-refractivity contribution in [3.63, 3.8) is 0 Å². The molecule has 4 rings (SSSR count). The molecule has 6 heteroatoms. The van der Waals surface area contributed by atoms with E-state index in [1.54, 1.807) is 23.5 Å². The molecule has 1 heterocycles. The van der Waals surface area contributed by atoms with E-state index in [-0.39, 0.29) is 10.6 Å². The Kier molecular flexibility index (Phi) is 4.33. The average Bonchev–Trinajstić information content (AvgIpc) is 3.09. The normalized spacial score (nSPS) is 10.8. The van der Waals surface area contributed by atoms with Crippen molar-refractivity contribution in [2.75, 3.05) is 5.32 Å². The van der Waals surface area contributed by atoms with Gasteiger partial charge in [-0.25, -0.2) is 4.98 Å². The van der Waals surface area contributed by atoms with E-state index in [0.717, 1.165) is 33.0 Å². The number of anilines is 1. The van der Waals surface area contributed by atoms with E-state index >= 15 is 0 Å². The second-order valence-electron chi connectivity index (χ2n) is 5.85. The highest BCUT2D eigenvalue weighted by Crippen LogP contribution is 2.31. The van der Waals surface area contributed by atoms with Crippen LogP contribution in [0.15, 0.2) is 72.8 Å². The van der Waals surface area contributed by atoms with Gasteiger partial charge < -0.3 is 5.32 Å². The molecule has 0 aliphatic carbocycles. The highest BCUT2D eigenvalue weighted by atomic mass is 32.1. The standard InChI is InChI=1S/C20H15N3O2S/c24-23(25)17-8-4-7-15(11-17)16-9-10-18-19(12-16)26-20(22-18)21-13-14-5-2-1-3-6-14/h1-12H,13H2,(H,21,22). The summed E-state index contributed by atoms with van der Waals surface area (Å²) in [4.78, 5) is 15.2. The number of nitrogens with zero attached hydrogens (tertiary/aromatic N) is 2. The van der Waals surface area contributed by atoms with Gasteiger partial charge in [0.15, 0.2) is 5.13 Å². The first-order valence-electron chi connectivity index (χ1n) is 8.12. The second kappa shape index (κ2) is 6.93. The molecule has 4 aromatic rings. The van der Waals surface area contributed by atoms with Crippen molar-refractivity contribution in [1.29, 1.82) is 0 Å². The Morgan fingerprint density at radius 2 is 1.77 bits per heavy atom. The number of thiazole rings is 1. The highest BCUT2D eigenvalue weighted by molar-refractivity contribution is 7.22. The van der Waals surface area contributed by atoms with Crippen LogP contribution in [0.25, 0.3) is 21.3 Å². The van der Waals surface area contributed by atoms with Crippen LogP contribution >= 0.6 is 11.3 Å². The molecule has 1 N–H and O–H groups in total. The summed E-state index contributed by atoms with van der Waals surface area (Å²) in [5.41, 5.74) is 3.98. The fourth-order valence-electron chi connectivity index (χ4n) is 2.75. The Hall–Kier alpha value is -3.25. The summed E-state index contributed by atoms with van der Waals surface area (Å²) in [7, 11) is 0. The quantitative estimate of drug-likeness (QED) is 0.377. The molecule has 0 saturated carbocycles. The van der Waals surface area contributed by atoms with Gasteiger partial charge >= 0.3 is 0 Å². The van der Waals surface area contributed by atoms with Crippen molar-refractivity contribution in [3.05, 3.63) is 88.5 Å². The van der Waals surface area contributed by atoms with Crippen molar-refractivity contribution in [2.24, 2.45) is 0 Å². The maximum atomic E-state index is 11.0. The summed E-state index contributed by atoms with van der Waals surface area (Å²) in [6, 6.07) is 22.8. The number of hydrogen-bond donors (Lipinski definition) is 1. The summed E-state index contributed by atoms with van der Waals surface area (Å²) in [6.45, 7) is 0.721. The van der Waals surface area contributed by atoms with Crippen molar-refractivity contribution >= 4 is 32.4 Å². The zero-order chi connectivity index (χ0) is 17.9. The van der Waals surface area contributed by atoms with E-state index in [1.165, 1.54) is 11.6 Å². The predicted molar refractivity (Wildman–Crippen MR) is 105 cm³/mol. The van der Waals surface area contributed by atoms with Crippen LogP contribution in [-0.4, -0.2) is 9.91 Å². The van der Waals surface area contributed by atoms with Crippen LogP contribution in [0.3, 0.4) is 0 Å². The number of nitro groups is 1. The molecule has 1 aromatic heterocycles. The van der Waals surface area contributed by atoms with Crippen LogP contribution in [-0.2, 0) is 6.54 Å².